The van der Waals surface area contributed by atoms with Gasteiger partial charge < -0.3 is 15.0 Å². The number of hydrogen-bond acceptors (Lipinski definition) is 4. The molecule has 2 saturated heterocycles. The predicted octanol–water partition coefficient (Wildman–Crippen LogP) is 3.48. The maximum absolute atomic E-state index is 12.6. The first-order valence-electron chi connectivity index (χ1n) is 10.7. The number of ether oxygens (including phenoxy) is 1. The highest BCUT2D eigenvalue weighted by atomic mass is 16.5. The molecule has 2 aliphatic rings. The van der Waals surface area contributed by atoms with Crippen molar-refractivity contribution < 1.29 is 9.53 Å². The van der Waals surface area contributed by atoms with Crippen LogP contribution in [0.1, 0.15) is 41.7 Å². The Balaban J connectivity index is 1.30. The summed E-state index contributed by atoms with van der Waals surface area (Å²) < 4.78 is 5.48. The van der Waals surface area contributed by atoms with Gasteiger partial charge >= 0.3 is 0 Å². The fourth-order valence-corrected chi connectivity index (χ4v) is 4.36. The van der Waals surface area contributed by atoms with Crippen molar-refractivity contribution in [3.8, 4) is 0 Å². The van der Waals surface area contributed by atoms with E-state index in [0.29, 0.717) is 11.6 Å². The summed E-state index contributed by atoms with van der Waals surface area (Å²) in [6.07, 6.45) is 2.38. The molecule has 2 aromatic carbocycles. The average Bonchev–Trinajstić information content (AvgIpc) is 2.80. The fourth-order valence-electron chi connectivity index (χ4n) is 4.36. The molecule has 2 aromatic rings. The normalized spacial score (nSPS) is 19.7. The van der Waals surface area contributed by atoms with Crippen LogP contribution in [-0.2, 0) is 4.74 Å². The number of anilines is 1. The monoisotopic (exact) mass is 393 g/mol. The van der Waals surface area contributed by atoms with E-state index in [1.807, 2.05) is 49.4 Å². The Hall–Kier alpha value is -2.37. The molecule has 0 aromatic heterocycles. The van der Waals surface area contributed by atoms with Crippen LogP contribution < -0.4 is 10.2 Å². The first-order valence-corrected chi connectivity index (χ1v) is 10.7. The van der Waals surface area contributed by atoms with E-state index in [1.54, 1.807) is 0 Å². The van der Waals surface area contributed by atoms with Gasteiger partial charge in [-0.25, -0.2) is 0 Å². The molecule has 0 aliphatic carbocycles. The van der Waals surface area contributed by atoms with Crippen molar-refractivity contribution in [2.24, 2.45) is 0 Å². The number of piperidine rings is 1. The lowest BCUT2D eigenvalue weighted by atomic mass is 10.0. The highest BCUT2D eigenvalue weighted by Gasteiger charge is 2.26. The van der Waals surface area contributed by atoms with Crippen molar-refractivity contribution in [2.45, 2.75) is 31.8 Å². The summed E-state index contributed by atoms with van der Waals surface area (Å²) >= 11 is 0. The molecule has 5 heteroatoms. The third kappa shape index (κ3) is 4.98. The second-order valence-electron chi connectivity index (χ2n) is 8.02. The van der Waals surface area contributed by atoms with Crippen LogP contribution >= 0.6 is 0 Å². The van der Waals surface area contributed by atoms with Crippen LogP contribution in [-0.4, -0.2) is 56.2 Å². The Bertz CT molecular complexity index is 780. The minimum absolute atomic E-state index is 0.0115. The van der Waals surface area contributed by atoms with Crippen molar-refractivity contribution >= 4 is 11.6 Å². The first kappa shape index (κ1) is 19.9. The standard InChI is InChI=1S/C24H31N3O2/c1-19(20-5-3-2-4-6-20)25-24(28)21-7-9-22(10-8-21)26-13-11-23(12-14-26)27-15-17-29-18-16-27/h2-10,19,23H,11-18H2,1H3,(H,25,28)/t19-/m1/s1. The van der Waals surface area contributed by atoms with Gasteiger partial charge in [-0.15, -0.1) is 0 Å². The van der Waals surface area contributed by atoms with Crippen LogP contribution in [0.3, 0.4) is 0 Å². The first-order chi connectivity index (χ1) is 14.2. The number of benzene rings is 2. The molecule has 5 nitrogen and oxygen atoms in total. The van der Waals surface area contributed by atoms with Gasteiger partial charge in [-0.2, -0.15) is 0 Å². The molecule has 0 saturated carbocycles. The molecular weight excluding hydrogens is 362 g/mol. The molecule has 2 fully saturated rings. The molecule has 154 valence electrons. The molecule has 2 aliphatic heterocycles. The molecule has 4 rings (SSSR count). The van der Waals surface area contributed by atoms with Crippen LogP contribution in [0.5, 0.6) is 0 Å². The molecule has 2 heterocycles. The van der Waals surface area contributed by atoms with Gasteiger partial charge in [0, 0.05) is 43.5 Å². The summed E-state index contributed by atoms with van der Waals surface area (Å²) in [4.78, 5) is 17.6. The zero-order chi connectivity index (χ0) is 20.1. The molecule has 1 N–H and O–H groups in total. The van der Waals surface area contributed by atoms with E-state index < -0.39 is 0 Å². The van der Waals surface area contributed by atoms with Crippen molar-refractivity contribution in [3.63, 3.8) is 0 Å². The molecule has 29 heavy (non-hydrogen) atoms. The van der Waals surface area contributed by atoms with Gasteiger partial charge in [-0.1, -0.05) is 30.3 Å². The maximum atomic E-state index is 12.6. The zero-order valence-electron chi connectivity index (χ0n) is 17.2. The second-order valence-corrected chi connectivity index (χ2v) is 8.02. The van der Waals surface area contributed by atoms with Crippen LogP contribution in [0, 0.1) is 0 Å². The number of hydrogen-bond donors (Lipinski definition) is 1. The van der Waals surface area contributed by atoms with E-state index in [1.165, 1.54) is 18.5 Å². The van der Waals surface area contributed by atoms with Gasteiger partial charge in [-0.05, 0) is 49.6 Å². The van der Waals surface area contributed by atoms with Crippen molar-refractivity contribution in [2.75, 3.05) is 44.3 Å². The van der Waals surface area contributed by atoms with Crippen LogP contribution in [0.2, 0.25) is 0 Å². The molecule has 0 radical (unpaired) electrons. The zero-order valence-corrected chi connectivity index (χ0v) is 17.2. The minimum Gasteiger partial charge on any atom is -0.379 e. The summed E-state index contributed by atoms with van der Waals surface area (Å²) in [6.45, 7) is 8.02. The van der Waals surface area contributed by atoms with Crippen molar-refractivity contribution in [3.05, 3.63) is 65.7 Å². The van der Waals surface area contributed by atoms with Gasteiger partial charge in [0.2, 0.25) is 0 Å². The van der Waals surface area contributed by atoms with Crippen LogP contribution in [0.4, 0.5) is 5.69 Å². The van der Waals surface area contributed by atoms with Gasteiger partial charge in [0.15, 0.2) is 0 Å². The number of morpholine rings is 1. The summed E-state index contributed by atoms with van der Waals surface area (Å²) in [5, 5.41) is 3.09. The van der Waals surface area contributed by atoms with E-state index in [0.717, 1.165) is 45.0 Å². The van der Waals surface area contributed by atoms with Crippen molar-refractivity contribution in [1.82, 2.24) is 10.2 Å². The smallest absolute Gasteiger partial charge is 0.251 e. The highest BCUT2D eigenvalue weighted by Crippen LogP contribution is 2.24. The van der Waals surface area contributed by atoms with E-state index in [9.17, 15) is 4.79 Å². The van der Waals surface area contributed by atoms with E-state index >= 15 is 0 Å². The van der Waals surface area contributed by atoms with E-state index in [2.05, 4.69) is 27.2 Å². The average molecular weight is 394 g/mol. The molecule has 0 spiro atoms. The largest absolute Gasteiger partial charge is 0.379 e. The summed E-state index contributed by atoms with van der Waals surface area (Å²) in [5.74, 6) is -0.0288. The molecule has 1 atom stereocenters. The predicted molar refractivity (Wildman–Crippen MR) is 116 cm³/mol. The van der Waals surface area contributed by atoms with Gasteiger partial charge in [-0.3, -0.25) is 9.69 Å². The fraction of sp³-hybridized carbons (Fsp3) is 0.458. The lowest BCUT2D eigenvalue weighted by Crippen LogP contribution is -2.49. The molecular formula is C24H31N3O2. The molecule has 0 bridgehead atoms. The van der Waals surface area contributed by atoms with E-state index in [-0.39, 0.29) is 11.9 Å². The Morgan fingerprint density at radius 1 is 0.966 bits per heavy atom. The Morgan fingerprint density at radius 2 is 1.62 bits per heavy atom. The highest BCUT2D eigenvalue weighted by molar-refractivity contribution is 5.94. The Kier molecular flexibility index (Phi) is 6.47. The van der Waals surface area contributed by atoms with Crippen LogP contribution in [0.15, 0.2) is 54.6 Å². The van der Waals surface area contributed by atoms with E-state index in [4.69, 9.17) is 4.74 Å². The third-order valence-electron chi connectivity index (χ3n) is 6.17. The summed E-state index contributed by atoms with van der Waals surface area (Å²) in [6, 6.07) is 18.8. The number of nitrogens with one attached hydrogen (secondary N) is 1. The number of amides is 1. The number of carbonyl (C=O) groups excluding carboxylic acids is 1. The topological polar surface area (TPSA) is 44.8 Å². The number of nitrogens with zero attached hydrogens (tertiary/aromatic N) is 2. The lowest BCUT2D eigenvalue weighted by molar-refractivity contribution is 0.0115. The molecule has 1 amide bonds. The molecule has 0 unspecified atom stereocenters. The van der Waals surface area contributed by atoms with Gasteiger partial charge in [0.25, 0.3) is 5.91 Å². The second kappa shape index (κ2) is 9.42. The third-order valence-corrected chi connectivity index (χ3v) is 6.17. The Morgan fingerprint density at radius 3 is 2.28 bits per heavy atom. The van der Waals surface area contributed by atoms with Gasteiger partial charge in [0.05, 0.1) is 19.3 Å². The SMILES string of the molecule is C[C@@H](NC(=O)c1ccc(N2CCC(N3CCOCC3)CC2)cc1)c1ccccc1. The number of rotatable bonds is 5. The maximum Gasteiger partial charge on any atom is 0.251 e. The quantitative estimate of drug-likeness (QED) is 0.845. The van der Waals surface area contributed by atoms with Crippen LogP contribution in [0.25, 0.3) is 0 Å². The summed E-state index contributed by atoms with van der Waals surface area (Å²) in [7, 11) is 0. The minimum atomic E-state index is -0.0288. The van der Waals surface area contributed by atoms with Crippen molar-refractivity contribution in [1.29, 1.82) is 0 Å². The summed E-state index contributed by atoms with van der Waals surface area (Å²) in [5.41, 5.74) is 3.03. The lowest BCUT2D eigenvalue weighted by Gasteiger charge is -2.40. The Labute approximate surface area is 173 Å². The van der Waals surface area contributed by atoms with Gasteiger partial charge in [0.1, 0.15) is 0 Å². The number of carbonyl (C=O) groups is 1.